The van der Waals surface area contributed by atoms with Crippen LogP contribution in [0.25, 0.3) is 0 Å². The molecule has 0 atom stereocenters. The van der Waals surface area contributed by atoms with E-state index in [2.05, 4.69) is 21.7 Å². The van der Waals surface area contributed by atoms with E-state index in [1.807, 2.05) is 17.7 Å². The largest absolute Gasteiger partial charge is 0.385 e. The van der Waals surface area contributed by atoms with Crippen molar-refractivity contribution in [2.75, 3.05) is 12.8 Å². The molecule has 0 aromatic carbocycles. The minimum absolute atomic E-state index is 0.212. The number of nitrogen functional groups attached to an aromatic ring is 1. The summed E-state index contributed by atoms with van der Waals surface area (Å²) in [6.07, 6.45) is 4.65. The van der Waals surface area contributed by atoms with E-state index in [1.54, 1.807) is 17.9 Å². The Morgan fingerprint density at radius 3 is 2.85 bits per heavy atom. The Labute approximate surface area is 117 Å². The molecule has 7 heteroatoms. The van der Waals surface area contributed by atoms with Crippen LogP contribution in [-0.4, -0.2) is 32.5 Å². The maximum Gasteiger partial charge on any atom is 0.273 e. The molecule has 2 heterocycles. The zero-order chi connectivity index (χ0) is 14.5. The van der Waals surface area contributed by atoms with Crippen LogP contribution in [0.1, 0.15) is 29.0 Å². The first-order chi connectivity index (χ1) is 9.61. The Balaban J connectivity index is 1.77. The summed E-state index contributed by atoms with van der Waals surface area (Å²) in [4.78, 5) is 11.3. The van der Waals surface area contributed by atoms with Gasteiger partial charge in [0, 0.05) is 26.3 Å². The van der Waals surface area contributed by atoms with Crippen LogP contribution in [0, 0.1) is 0 Å². The smallest absolute Gasteiger partial charge is 0.273 e. The van der Waals surface area contributed by atoms with Gasteiger partial charge in [-0.05, 0) is 31.4 Å². The van der Waals surface area contributed by atoms with Gasteiger partial charge in [-0.15, -0.1) is 5.10 Å². The van der Waals surface area contributed by atoms with E-state index >= 15 is 0 Å². The number of carbonyl (C=O) groups excluding carboxylic acids is 1. The van der Waals surface area contributed by atoms with E-state index in [-0.39, 0.29) is 5.91 Å². The predicted octanol–water partition coefficient (Wildman–Crippen LogP) is 0.581. The van der Waals surface area contributed by atoms with Gasteiger partial charge in [-0.25, -0.2) is 0 Å². The SMILES string of the molecule is CNC(=O)c1cn(CCCCc2ccc(N)n2C)nn1. The molecule has 0 radical (unpaired) electrons. The highest BCUT2D eigenvalue weighted by atomic mass is 16.1. The van der Waals surface area contributed by atoms with Crippen molar-refractivity contribution < 1.29 is 4.79 Å². The number of aryl methyl sites for hydroxylation is 2. The Hall–Kier alpha value is -2.31. The second kappa shape index (κ2) is 6.23. The Kier molecular flexibility index (Phi) is 4.39. The number of unbranched alkanes of at least 4 members (excludes halogenated alkanes) is 1. The highest BCUT2D eigenvalue weighted by Gasteiger charge is 2.08. The fraction of sp³-hybridized carbons (Fsp3) is 0.462. The molecule has 0 fully saturated rings. The summed E-state index contributed by atoms with van der Waals surface area (Å²) >= 11 is 0. The average Bonchev–Trinajstić information content (AvgIpc) is 3.04. The minimum Gasteiger partial charge on any atom is -0.385 e. The number of nitrogens with two attached hydrogens (primary N) is 1. The van der Waals surface area contributed by atoms with Gasteiger partial charge in [0.05, 0.1) is 6.20 Å². The lowest BCUT2D eigenvalue weighted by Crippen LogP contribution is -2.18. The number of nitrogens with one attached hydrogen (secondary N) is 1. The normalized spacial score (nSPS) is 10.7. The molecule has 2 rings (SSSR count). The molecule has 0 aliphatic heterocycles. The number of nitrogens with zero attached hydrogens (tertiary/aromatic N) is 4. The van der Waals surface area contributed by atoms with Gasteiger partial charge < -0.3 is 15.6 Å². The number of anilines is 1. The number of carbonyl (C=O) groups is 1. The van der Waals surface area contributed by atoms with E-state index in [4.69, 9.17) is 5.73 Å². The number of rotatable bonds is 6. The molecule has 7 nitrogen and oxygen atoms in total. The van der Waals surface area contributed by atoms with Gasteiger partial charge >= 0.3 is 0 Å². The average molecular weight is 276 g/mol. The second-order valence-electron chi connectivity index (χ2n) is 4.71. The lowest BCUT2D eigenvalue weighted by Gasteiger charge is -2.05. The van der Waals surface area contributed by atoms with Crippen LogP contribution in [0.2, 0.25) is 0 Å². The lowest BCUT2D eigenvalue weighted by atomic mass is 10.2. The molecule has 2 aromatic heterocycles. The molecule has 0 aliphatic carbocycles. The van der Waals surface area contributed by atoms with Crippen molar-refractivity contribution >= 4 is 11.7 Å². The Morgan fingerprint density at radius 2 is 2.20 bits per heavy atom. The number of amides is 1. The summed E-state index contributed by atoms with van der Waals surface area (Å²) in [6, 6.07) is 3.97. The highest BCUT2D eigenvalue weighted by Crippen LogP contribution is 2.11. The molecule has 0 saturated heterocycles. The van der Waals surface area contributed by atoms with Gasteiger partial charge in [0.1, 0.15) is 5.82 Å². The van der Waals surface area contributed by atoms with Gasteiger partial charge in [-0.2, -0.15) is 0 Å². The summed E-state index contributed by atoms with van der Waals surface area (Å²) in [5.74, 6) is 0.571. The van der Waals surface area contributed by atoms with Gasteiger partial charge in [0.2, 0.25) is 0 Å². The van der Waals surface area contributed by atoms with Crippen molar-refractivity contribution in [3.63, 3.8) is 0 Å². The number of hydrogen-bond donors (Lipinski definition) is 2. The topological polar surface area (TPSA) is 90.8 Å². The van der Waals surface area contributed by atoms with Crippen molar-refractivity contribution in [3.8, 4) is 0 Å². The Morgan fingerprint density at radius 1 is 1.40 bits per heavy atom. The fourth-order valence-corrected chi connectivity index (χ4v) is 2.04. The third kappa shape index (κ3) is 3.17. The van der Waals surface area contributed by atoms with Crippen molar-refractivity contribution in [2.45, 2.75) is 25.8 Å². The monoisotopic (exact) mass is 276 g/mol. The van der Waals surface area contributed by atoms with Crippen LogP contribution in [-0.2, 0) is 20.0 Å². The molecule has 108 valence electrons. The molecule has 0 bridgehead atoms. The van der Waals surface area contributed by atoms with E-state index in [0.29, 0.717) is 5.69 Å². The molecule has 0 unspecified atom stereocenters. The van der Waals surface area contributed by atoms with Crippen molar-refractivity contribution in [3.05, 3.63) is 29.7 Å². The highest BCUT2D eigenvalue weighted by molar-refractivity contribution is 5.91. The predicted molar refractivity (Wildman–Crippen MR) is 76.2 cm³/mol. The van der Waals surface area contributed by atoms with E-state index in [0.717, 1.165) is 31.6 Å². The van der Waals surface area contributed by atoms with Gasteiger partial charge in [-0.1, -0.05) is 5.21 Å². The zero-order valence-electron chi connectivity index (χ0n) is 11.8. The van der Waals surface area contributed by atoms with Gasteiger partial charge in [-0.3, -0.25) is 9.48 Å². The molecule has 3 N–H and O–H groups in total. The molecule has 2 aromatic rings. The summed E-state index contributed by atoms with van der Waals surface area (Å²) < 4.78 is 3.70. The third-order valence-corrected chi connectivity index (χ3v) is 3.33. The van der Waals surface area contributed by atoms with Crippen molar-refractivity contribution in [1.29, 1.82) is 0 Å². The first-order valence-electron chi connectivity index (χ1n) is 6.64. The molecule has 0 spiro atoms. The van der Waals surface area contributed by atoms with Crippen LogP contribution in [0.5, 0.6) is 0 Å². The van der Waals surface area contributed by atoms with E-state index in [9.17, 15) is 4.79 Å². The number of hydrogen-bond acceptors (Lipinski definition) is 4. The van der Waals surface area contributed by atoms with Crippen LogP contribution >= 0.6 is 0 Å². The standard InChI is InChI=1S/C13H20N6O/c1-15-13(20)11-9-19(17-16-11)8-4-3-5-10-6-7-12(14)18(10)2/h6-7,9H,3-5,8,14H2,1-2H3,(H,15,20). The molecular formula is C13H20N6O. The van der Waals surface area contributed by atoms with Gasteiger partial charge in [0.15, 0.2) is 5.69 Å². The summed E-state index contributed by atoms with van der Waals surface area (Å²) in [6.45, 7) is 0.754. The fourth-order valence-electron chi connectivity index (χ4n) is 2.04. The van der Waals surface area contributed by atoms with Crippen LogP contribution in [0.4, 0.5) is 5.82 Å². The van der Waals surface area contributed by atoms with Crippen LogP contribution in [0.3, 0.4) is 0 Å². The summed E-state index contributed by atoms with van der Waals surface area (Å²) in [7, 11) is 3.55. The third-order valence-electron chi connectivity index (χ3n) is 3.33. The van der Waals surface area contributed by atoms with Crippen LogP contribution < -0.4 is 11.1 Å². The quantitative estimate of drug-likeness (QED) is 0.755. The van der Waals surface area contributed by atoms with E-state index < -0.39 is 0 Å². The summed E-state index contributed by atoms with van der Waals surface area (Å²) in [5.41, 5.74) is 7.36. The first-order valence-corrected chi connectivity index (χ1v) is 6.64. The van der Waals surface area contributed by atoms with Crippen molar-refractivity contribution in [2.24, 2.45) is 7.05 Å². The zero-order valence-corrected chi connectivity index (χ0v) is 11.8. The van der Waals surface area contributed by atoms with Gasteiger partial charge in [0.25, 0.3) is 5.91 Å². The maximum atomic E-state index is 11.3. The molecular weight excluding hydrogens is 256 g/mol. The lowest BCUT2D eigenvalue weighted by molar-refractivity contribution is 0.0958. The molecule has 0 saturated carbocycles. The molecule has 1 amide bonds. The Bertz CT molecular complexity index is 585. The molecule has 20 heavy (non-hydrogen) atoms. The minimum atomic E-state index is -0.212. The second-order valence-corrected chi connectivity index (χ2v) is 4.71. The maximum absolute atomic E-state index is 11.3. The van der Waals surface area contributed by atoms with Crippen LogP contribution in [0.15, 0.2) is 18.3 Å². The summed E-state index contributed by atoms with van der Waals surface area (Å²) in [5, 5.41) is 10.3. The number of aromatic nitrogens is 4. The first kappa shape index (κ1) is 14.1. The molecule has 0 aliphatic rings. The van der Waals surface area contributed by atoms with Crippen molar-refractivity contribution in [1.82, 2.24) is 24.9 Å². The van der Waals surface area contributed by atoms with E-state index in [1.165, 1.54) is 5.69 Å².